The maximum Gasteiger partial charge on any atom is 0.241 e. The van der Waals surface area contributed by atoms with Crippen molar-refractivity contribution in [2.24, 2.45) is 0 Å². The Labute approximate surface area is 228 Å². The lowest BCUT2D eigenvalue weighted by molar-refractivity contribution is -0.126. The Kier molecular flexibility index (Phi) is 7.55. The Morgan fingerprint density at radius 3 is 2.46 bits per heavy atom. The van der Waals surface area contributed by atoms with Crippen LogP contribution in [0.3, 0.4) is 0 Å². The van der Waals surface area contributed by atoms with E-state index in [0.29, 0.717) is 6.54 Å². The average molecular weight is 549 g/mol. The molecule has 1 saturated carbocycles. The SMILES string of the molecule is C[C@@](Cc1c[nH]c2ccccc12)(NS(=O)(=O)c1ccc(F)cc1)C(=O)NCC1(c2ccccn2)CCCCC1. The molecule has 0 radical (unpaired) electrons. The van der Waals surface area contributed by atoms with E-state index in [0.717, 1.165) is 66.4 Å². The van der Waals surface area contributed by atoms with E-state index in [9.17, 15) is 17.6 Å². The van der Waals surface area contributed by atoms with Gasteiger partial charge in [-0.25, -0.2) is 12.8 Å². The molecule has 0 bridgehead atoms. The van der Waals surface area contributed by atoms with Crippen molar-refractivity contribution in [2.45, 2.75) is 61.3 Å². The lowest BCUT2D eigenvalue weighted by Crippen LogP contribution is -2.59. The largest absolute Gasteiger partial charge is 0.361 e. The summed E-state index contributed by atoms with van der Waals surface area (Å²) in [6, 6.07) is 18.1. The van der Waals surface area contributed by atoms with Crippen LogP contribution < -0.4 is 10.0 Å². The van der Waals surface area contributed by atoms with Crippen LogP contribution in [0.4, 0.5) is 4.39 Å². The summed E-state index contributed by atoms with van der Waals surface area (Å²) in [6.45, 7) is 1.95. The van der Waals surface area contributed by atoms with Crippen molar-refractivity contribution in [1.29, 1.82) is 0 Å². The summed E-state index contributed by atoms with van der Waals surface area (Å²) in [5, 5.41) is 4.01. The van der Waals surface area contributed by atoms with Crippen LogP contribution in [-0.2, 0) is 26.7 Å². The molecule has 2 heterocycles. The number of amides is 1. The lowest BCUT2D eigenvalue weighted by Gasteiger charge is -2.38. The van der Waals surface area contributed by atoms with Crippen molar-refractivity contribution in [3.05, 3.63) is 96.2 Å². The van der Waals surface area contributed by atoms with E-state index in [1.807, 2.05) is 42.5 Å². The number of nitrogens with zero attached hydrogens (tertiary/aromatic N) is 1. The van der Waals surface area contributed by atoms with Crippen LogP contribution in [0.1, 0.15) is 50.3 Å². The third-order valence-electron chi connectivity index (χ3n) is 7.81. The molecular weight excluding hydrogens is 515 g/mol. The molecule has 0 spiro atoms. The molecular formula is C30H33FN4O3S. The number of carbonyl (C=O) groups is 1. The number of fused-ring (bicyclic) bond motifs is 1. The molecule has 0 unspecified atom stereocenters. The van der Waals surface area contributed by atoms with Crippen molar-refractivity contribution < 1.29 is 17.6 Å². The molecule has 1 atom stereocenters. The predicted molar refractivity (Wildman–Crippen MR) is 149 cm³/mol. The van der Waals surface area contributed by atoms with Gasteiger partial charge in [-0.3, -0.25) is 9.78 Å². The van der Waals surface area contributed by atoms with Gasteiger partial charge in [0.15, 0.2) is 0 Å². The van der Waals surface area contributed by atoms with Crippen LogP contribution in [0.25, 0.3) is 10.9 Å². The standard InChI is InChI=1S/C30H33FN4O3S/c1-29(19-22-20-33-26-10-4-3-9-25(22)26,35-39(37,38)24-14-12-23(31)13-15-24)28(36)34-21-30(16-6-2-7-17-30)27-11-5-8-18-32-27/h3-5,8-15,18,20,33,35H,2,6-7,16-17,19,21H2,1H3,(H,34,36)/t29-/m0/s1. The fraction of sp³-hybridized carbons (Fsp3) is 0.333. The third kappa shape index (κ3) is 5.74. The highest BCUT2D eigenvalue weighted by molar-refractivity contribution is 7.89. The first-order chi connectivity index (χ1) is 18.7. The zero-order valence-corrected chi connectivity index (χ0v) is 22.7. The fourth-order valence-corrected chi connectivity index (χ4v) is 7.03. The van der Waals surface area contributed by atoms with Gasteiger partial charge in [-0.2, -0.15) is 4.72 Å². The van der Waals surface area contributed by atoms with Gasteiger partial charge in [0.25, 0.3) is 0 Å². The van der Waals surface area contributed by atoms with E-state index in [1.54, 1.807) is 19.3 Å². The monoisotopic (exact) mass is 548 g/mol. The summed E-state index contributed by atoms with van der Waals surface area (Å²) >= 11 is 0. The maximum atomic E-state index is 14.0. The summed E-state index contributed by atoms with van der Waals surface area (Å²) in [5.41, 5.74) is 0.801. The Balaban J connectivity index is 1.46. The van der Waals surface area contributed by atoms with Crippen molar-refractivity contribution in [2.75, 3.05) is 6.54 Å². The Bertz CT molecular complexity index is 1550. The molecule has 204 valence electrons. The quantitative estimate of drug-likeness (QED) is 0.274. The minimum absolute atomic E-state index is 0.111. The first-order valence-corrected chi connectivity index (χ1v) is 14.7. The van der Waals surface area contributed by atoms with Crippen LogP contribution in [0.5, 0.6) is 0 Å². The lowest BCUT2D eigenvalue weighted by atomic mass is 9.71. The molecule has 9 heteroatoms. The van der Waals surface area contributed by atoms with Crippen molar-refractivity contribution in [1.82, 2.24) is 20.0 Å². The zero-order chi connectivity index (χ0) is 27.5. The first-order valence-electron chi connectivity index (χ1n) is 13.3. The van der Waals surface area contributed by atoms with E-state index in [1.165, 1.54) is 12.1 Å². The summed E-state index contributed by atoms with van der Waals surface area (Å²) in [7, 11) is -4.15. The van der Waals surface area contributed by atoms with E-state index in [2.05, 4.69) is 20.0 Å². The van der Waals surface area contributed by atoms with E-state index < -0.39 is 27.3 Å². The van der Waals surface area contributed by atoms with Gasteiger partial charge in [0.2, 0.25) is 15.9 Å². The minimum Gasteiger partial charge on any atom is -0.361 e. The maximum absolute atomic E-state index is 14.0. The summed E-state index contributed by atoms with van der Waals surface area (Å²) in [6.07, 6.45) is 8.69. The van der Waals surface area contributed by atoms with Gasteiger partial charge < -0.3 is 10.3 Å². The number of aromatic amines is 1. The molecule has 1 amide bonds. The molecule has 39 heavy (non-hydrogen) atoms. The topological polar surface area (TPSA) is 104 Å². The molecule has 2 aromatic carbocycles. The van der Waals surface area contributed by atoms with Gasteiger partial charge in [0.05, 0.1) is 4.90 Å². The predicted octanol–water partition coefficient (Wildman–Crippen LogP) is 5.00. The number of hydrogen-bond donors (Lipinski definition) is 3. The van der Waals surface area contributed by atoms with Gasteiger partial charge in [-0.1, -0.05) is 43.5 Å². The van der Waals surface area contributed by atoms with Crippen LogP contribution >= 0.6 is 0 Å². The minimum atomic E-state index is -4.15. The van der Waals surface area contributed by atoms with E-state index in [-0.39, 0.29) is 16.7 Å². The fourth-order valence-electron chi connectivity index (χ4n) is 5.66. The molecule has 5 rings (SSSR count). The van der Waals surface area contributed by atoms with Crippen molar-refractivity contribution >= 4 is 26.8 Å². The Morgan fingerprint density at radius 2 is 1.74 bits per heavy atom. The van der Waals surface area contributed by atoms with Gasteiger partial charge in [0, 0.05) is 47.4 Å². The molecule has 0 aliphatic heterocycles. The Hall–Kier alpha value is -3.56. The zero-order valence-electron chi connectivity index (χ0n) is 21.9. The number of pyridine rings is 1. The second-order valence-electron chi connectivity index (χ2n) is 10.7. The summed E-state index contributed by atoms with van der Waals surface area (Å²) in [5.74, 6) is -0.972. The molecule has 7 nitrogen and oxygen atoms in total. The molecule has 1 fully saturated rings. The number of rotatable bonds is 9. The Morgan fingerprint density at radius 1 is 1.03 bits per heavy atom. The summed E-state index contributed by atoms with van der Waals surface area (Å²) < 4.78 is 43.0. The van der Waals surface area contributed by atoms with Crippen LogP contribution in [0.2, 0.25) is 0 Å². The highest BCUT2D eigenvalue weighted by atomic mass is 32.2. The van der Waals surface area contributed by atoms with Crippen molar-refractivity contribution in [3.8, 4) is 0 Å². The average Bonchev–Trinajstić information content (AvgIpc) is 3.35. The number of carbonyl (C=O) groups excluding carboxylic acids is 1. The molecule has 3 N–H and O–H groups in total. The number of aromatic nitrogens is 2. The second kappa shape index (κ2) is 10.9. The van der Waals surface area contributed by atoms with Crippen LogP contribution in [0.15, 0.2) is 84.0 Å². The molecule has 1 aliphatic rings. The summed E-state index contributed by atoms with van der Waals surface area (Å²) in [4.78, 5) is 21.7. The number of sulfonamides is 1. The van der Waals surface area contributed by atoms with E-state index >= 15 is 0 Å². The second-order valence-corrected chi connectivity index (χ2v) is 12.3. The molecule has 2 aromatic heterocycles. The molecule has 4 aromatic rings. The number of H-pyrrole nitrogens is 1. The number of nitrogens with one attached hydrogen (secondary N) is 3. The van der Waals surface area contributed by atoms with Crippen LogP contribution in [-0.4, -0.2) is 36.4 Å². The highest BCUT2D eigenvalue weighted by Crippen LogP contribution is 2.38. The number of hydrogen-bond acceptors (Lipinski definition) is 4. The third-order valence-corrected chi connectivity index (χ3v) is 9.42. The molecule has 1 aliphatic carbocycles. The van der Waals surface area contributed by atoms with Gasteiger partial charge >= 0.3 is 0 Å². The smallest absolute Gasteiger partial charge is 0.241 e. The number of para-hydroxylation sites is 1. The highest BCUT2D eigenvalue weighted by Gasteiger charge is 2.41. The number of benzene rings is 2. The van der Waals surface area contributed by atoms with Gasteiger partial charge in [-0.05, 0) is 67.8 Å². The van der Waals surface area contributed by atoms with Crippen molar-refractivity contribution in [3.63, 3.8) is 0 Å². The van der Waals surface area contributed by atoms with Crippen LogP contribution in [0, 0.1) is 5.82 Å². The van der Waals surface area contributed by atoms with Gasteiger partial charge in [0.1, 0.15) is 11.4 Å². The van der Waals surface area contributed by atoms with Gasteiger partial charge in [-0.15, -0.1) is 0 Å². The molecule has 0 saturated heterocycles. The number of halogens is 1. The first kappa shape index (κ1) is 27.0. The normalized spacial score (nSPS) is 17.0. The van der Waals surface area contributed by atoms with E-state index in [4.69, 9.17) is 0 Å².